The second-order valence-electron chi connectivity index (χ2n) is 5.14. The maximum Gasteiger partial charge on any atom is 0.311 e. The topological polar surface area (TPSA) is 94.4 Å². The highest BCUT2D eigenvalue weighted by atomic mass is 127. The molecule has 0 saturated heterocycles. The summed E-state index contributed by atoms with van der Waals surface area (Å²) in [6, 6.07) is 11.9. The van der Waals surface area contributed by atoms with Gasteiger partial charge in [0.2, 0.25) is 0 Å². The van der Waals surface area contributed by atoms with Crippen LogP contribution in [-0.2, 0) is 0 Å². The zero-order valence-electron chi connectivity index (χ0n) is 13.4. The summed E-state index contributed by atoms with van der Waals surface area (Å²) in [5.41, 5.74) is 1.59. The van der Waals surface area contributed by atoms with E-state index in [-0.39, 0.29) is 17.0 Å². The van der Waals surface area contributed by atoms with Gasteiger partial charge in [0.1, 0.15) is 0 Å². The van der Waals surface area contributed by atoms with E-state index in [9.17, 15) is 14.9 Å². The quantitative estimate of drug-likeness (QED) is 0.327. The number of benzene rings is 2. The first-order valence-electron chi connectivity index (χ1n) is 7.33. The number of carbonyl (C=O) groups excluding carboxylic acids is 1. The van der Waals surface area contributed by atoms with Gasteiger partial charge in [-0.25, -0.2) is 4.98 Å². The Morgan fingerprint density at radius 3 is 2.65 bits per heavy atom. The normalized spacial score (nSPS) is 10.4. The molecule has 0 spiro atoms. The van der Waals surface area contributed by atoms with Crippen molar-refractivity contribution in [1.82, 2.24) is 4.98 Å². The van der Waals surface area contributed by atoms with Crippen LogP contribution in [-0.4, -0.2) is 22.9 Å². The van der Waals surface area contributed by atoms with Crippen molar-refractivity contribution in [3.8, 4) is 17.0 Å². The maximum atomic E-state index is 12.4. The van der Waals surface area contributed by atoms with Crippen molar-refractivity contribution >= 4 is 50.7 Å². The third kappa shape index (κ3) is 3.99. The van der Waals surface area contributed by atoms with Gasteiger partial charge in [0, 0.05) is 26.1 Å². The van der Waals surface area contributed by atoms with E-state index < -0.39 is 10.8 Å². The molecule has 0 aliphatic carbocycles. The maximum absolute atomic E-state index is 12.4. The molecule has 0 unspecified atom stereocenters. The van der Waals surface area contributed by atoms with E-state index in [1.54, 1.807) is 0 Å². The molecule has 3 rings (SSSR count). The fraction of sp³-hybridized carbons (Fsp3) is 0.0588. The molecule has 0 fully saturated rings. The van der Waals surface area contributed by atoms with Crippen LogP contribution >= 0.6 is 33.9 Å². The van der Waals surface area contributed by atoms with E-state index in [0.717, 1.165) is 14.8 Å². The summed E-state index contributed by atoms with van der Waals surface area (Å²) < 4.78 is 6.06. The molecule has 9 heteroatoms. The van der Waals surface area contributed by atoms with Gasteiger partial charge in [-0.15, -0.1) is 11.3 Å². The first-order chi connectivity index (χ1) is 12.5. The van der Waals surface area contributed by atoms with Crippen LogP contribution in [0, 0.1) is 13.7 Å². The van der Waals surface area contributed by atoms with Crippen LogP contribution in [0.4, 0.5) is 10.8 Å². The number of hydrogen-bond donors (Lipinski definition) is 1. The molecule has 0 aliphatic heterocycles. The van der Waals surface area contributed by atoms with Crippen LogP contribution in [0.2, 0.25) is 0 Å². The monoisotopic (exact) mass is 481 g/mol. The number of thiazole rings is 1. The van der Waals surface area contributed by atoms with Gasteiger partial charge in [-0.1, -0.05) is 12.1 Å². The predicted octanol–water partition coefficient (Wildman–Crippen LogP) is 4.58. The molecule has 2 aromatic carbocycles. The molecule has 7 nitrogen and oxygen atoms in total. The number of nitrogens with zero attached hydrogens (tertiary/aromatic N) is 2. The second kappa shape index (κ2) is 7.79. The largest absolute Gasteiger partial charge is 0.490 e. The number of nitro benzene ring substituents is 1. The highest BCUT2D eigenvalue weighted by Gasteiger charge is 2.19. The van der Waals surface area contributed by atoms with Crippen molar-refractivity contribution in [1.29, 1.82) is 0 Å². The van der Waals surface area contributed by atoms with Gasteiger partial charge in [0.15, 0.2) is 10.9 Å². The van der Waals surface area contributed by atoms with Crippen molar-refractivity contribution in [2.45, 2.75) is 0 Å². The number of carbonyl (C=O) groups is 1. The lowest BCUT2D eigenvalue weighted by Gasteiger charge is -2.05. The molecule has 1 aromatic heterocycles. The van der Waals surface area contributed by atoms with E-state index in [2.05, 4.69) is 32.9 Å². The van der Waals surface area contributed by atoms with Crippen LogP contribution in [0.5, 0.6) is 5.75 Å². The Kier molecular flexibility index (Phi) is 5.47. The Hall–Kier alpha value is -2.53. The zero-order valence-corrected chi connectivity index (χ0v) is 16.4. The lowest BCUT2D eigenvalue weighted by Crippen LogP contribution is -2.12. The number of hydrogen-bond acceptors (Lipinski definition) is 6. The van der Waals surface area contributed by atoms with E-state index in [1.807, 2.05) is 29.6 Å². The summed E-state index contributed by atoms with van der Waals surface area (Å²) in [4.78, 5) is 27.3. The Balaban J connectivity index is 1.79. The average molecular weight is 481 g/mol. The Morgan fingerprint density at radius 2 is 2.00 bits per heavy atom. The molecule has 3 aromatic rings. The van der Waals surface area contributed by atoms with Crippen molar-refractivity contribution in [2.24, 2.45) is 0 Å². The van der Waals surface area contributed by atoms with Crippen LogP contribution in [0.3, 0.4) is 0 Å². The zero-order chi connectivity index (χ0) is 18.7. The number of amides is 1. The van der Waals surface area contributed by atoms with Crippen LogP contribution in [0.1, 0.15) is 10.4 Å². The van der Waals surface area contributed by atoms with Crippen molar-refractivity contribution in [3.05, 3.63) is 67.1 Å². The number of anilines is 1. The summed E-state index contributed by atoms with van der Waals surface area (Å²) in [5, 5.41) is 16.0. The molecule has 26 heavy (non-hydrogen) atoms. The fourth-order valence-electron chi connectivity index (χ4n) is 2.23. The summed E-state index contributed by atoms with van der Waals surface area (Å²) in [7, 11) is 1.34. The van der Waals surface area contributed by atoms with Crippen LogP contribution in [0.15, 0.2) is 47.8 Å². The van der Waals surface area contributed by atoms with Gasteiger partial charge in [0.05, 0.1) is 17.7 Å². The van der Waals surface area contributed by atoms with E-state index in [1.165, 1.54) is 36.6 Å². The highest BCUT2D eigenvalue weighted by molar-refractivity contribution is 14.1. The summed E-state index contributed by atoms with van der Waals surface area (Å²) in [6.45, 7) is 0. The molecular weight excluding hydrogens is 469 g/mol. The molecule has 132 valence electrons. The van der Waals surface area contributed by atoms with E-state index in [4.69, 9.17) is 4.74 Å². The summed E-state index contributed by atoms with van der Waals surface area (Å²) in [5.74, 6) is -0.374. The molecule has 0 aliphatic rings. The number of halogens is 1. The molecule has 0 radical (unpaired) electrons. The molecular formula is C17H12IN3O4S. The van der Waals surface area contributed by atoms with Gasteiger partial charge in [-0.05, 0) is 46.9 Å². The molecule has 1 amide bonds. The first-order valence-corrected chi connectivity index (χ1v) is 9.29. The number of aromatic nitrogens is 1. The van der Waals surface area contributed by atoms with E-state index >= 15 is 0 Å². The average Bonchev–Trinajstić information content (AvgIpc) is 3.10. The molecule has 1 N–H and O–H groups in total. The molecule has 0 bridgehead atoms. The third-order valence-corrected chi connectivity index (χ3v) is 4.98. The van der Waals surface area contributed by atoms with Gasteiger partial charge >= 0.3 is 5.69 Å². The second-order valence-corrected chi connectivity index (χ2v) is 7.25. The Bertz CT molecular complexity index is 972. The van der Waals surface area contributed by atoms with Gasteiger partial charge in [0.25, 0.3) is 5.91 Å². The molecule has 0 atom stereocenters. The standard InChI is InChI=1S/C17H12IN3O4S/c1-25-15-7-4-11(8-14(15)21(23)24)16(22)20-17-19-13(9-26-17)10-2-5-12(18)6-3-10/h2-9H,1H3,(H,19,20,22). The van der Waals surface area contributed by atoms with E-state index in [0.29, 0.717) is 5.13 Å². The number of nitrogens with one attached hydrogen (secondary N) is 1. The minimum absolute atomic E-state index is 0.0989. The van der Waals surface area contributed by atoms with Crippen molar-refractivity contribution in [3.63, 3.8) is 0 Å². The predicted molar refractivity (Wildman–Crippen MR) is 108 cm³/mol. The highest BCUT2D eigenvalue weighted by Crippen LogP contribution is 2.29. The van der Waals surface area contributed by atoms with Crippen molar-refractivity contribution in [2.75, 3.05) is 12.4 Å². The molecule has 1 heterocycles. The minimum Gasteiger partial charge on any atom is -0.490 e. The van der Waals surface area contributed by atoms with Crippen LogP contribution < -0.4 is 10.1 Å². The van der Waals surface area contributed by atoms with Gasteiger partial charge in [-0.3, -0.25) is 20.2 Å². The smallest absolute Gasteiger partial charge is 0.311 e. The Labute approximate surface area is 166 Å². The first kappa shape index (κ1) is 18.3. The number of rotatable bonds is 5. The minimum atomic E-state index is -0.589. The van der Waals surface area contributed by atoms with Crippen LogP contribution in [0.25, 0.3) is 11.3 Å². The van der Waals surface area contributed by atoms with Gasteiger partial charge < -0.3 is 4.74 Å². The third-order valence-electron chi connectivity index (χ3n) is 3.50. The lowest BCUT2D eigenvalue weighted by atomic mass is 10.1. The lowest BCUT2D eigenvalue weighted by molar-refractivity contribution is -0.385. The van der Waals surface area contributed by atoms with Gasteiger partial charge in [-0.2, -0.15) is 0 Å². The molecule has 0 saturated carbocycles. The number of nitro groups is 1. The Morgan fingerprint density at radius 1 is 1.27 bits per heavy atom. The number of methoxy groups -OCH3 is 1. The SMILES string of the molecule is COc1ccc(C(=O)Nc2nc(-c3ccc(I)cc3)cs2)cc1[N+](=O)[O-]. The summed E-state index contributed by atoms with van der Waals surface area (Å²) in [6.07, 6.45) is 0. The fourth-order valence-corrected chi connectivity index (χ4v) is 3.30. The van der Waals surface area contributed by atoms with Crippen molar-refractivity contribution < 1.29 is 14.5 Å². The summed E-state index contributed by atoms with van der Waals surface area (Å²) >= 11 is 3.51. The number of ether oxygens (including phenoxy) is 1.